The van der Waals surface area contributed by atoms with Crippen molar-refractivity contribution in [1.82, 2.24) is 5.32 Å². The standard InChI is InChI=1S/C11H18N2O3/c1-8(12)5-6-13-11(14)10-4-3-9(16-10)7-15-2/h3-4,8H,5-7,12H2,1-2H3,(H,13,14). The zero-order chi connectivity index (χ0) is 12.0. The summed E-state index contributed by atoms with van der Waals surface area (Å²) in [5.74, 6) is 0.722. The van der Waals surface area contributed by atoms with Gasteiger partial charge in [-0.05, 0) is 25.5 Å². The molecular weight excluding hydrogens is 208 g/mol. The molecule has 0 aliphatic heterocycles. The number of hydrogen-bond donors (Lipinski definition) is 2. The van der Waals surface area contributed by atoms with E-state index in [-0.39, 0.29) is 11.9 Å². The van der Waals surface area contributed by atoms with Gasteiger partial charge in [-0.15, -0.1) is 0 Å². The summed E-state index contributed by atoms with van der Waals surface area (Å²) < 4.78 is 10.2. The molecular formula is C11H18N2O3. The van der Waals surface area contributed by atoms with E-state index in [4.69, 9.17) is 14.9 Å². The molecule has 0 spiro atoms. The third kappa shape index (κ3) is 4.04. The lowest BCUT2D eigenvalue weighted by atomic mass is 10.2. The van der Waals surface area contributed by atoms with Crippen LogP contribution in [0.4, 0.5) is 0 Å². The Hall–Kier alpha value is -1.33. The number of hydrogen-bond acceptors (Lipinski definition) is 4. The van der Waals surface area contributed by atoms with Gasteiger partial charge in [-0.2, -0.15) is 0 Å². The maximum absolute atomic E-state index is 11.6. The summed E-state index contributed by atoms with van der Waals surface area (Å²) in [4.78, 5) is 11.6. The van der Waals surface area contributed by atoms with Gasteiger partial charge in [-0.3, -0.25) is 4.79 Å². The van der Waals surface area contributed by atoms with Crippen molar-refractivity contribution in [3.63, 3.8) is 0 Å². The van der Waals surface area contributed by atoms with Crippen molar-refractivity contribution in [1.29, 1.82) is 0 Å². The predicted octanol–water partition coefficient (Wildman–Crippen LogP) is 0.893. The van der Waals surface area contributed by atoms with E-state index in [1.807, 2.05) is 6.92 Å². The van der Waals surface area contributed by atoms with Gasteiger partial charge in [0.05, 0.1) is 0 Å². The third-order valence-corrected chi connectivity index (χ3v) is 2.06. The van der Waals surface area contributed by atoms with E-state index in [1.54, 1.807) is 19.2 Å². The molecule has 0 aromatic carbocycles. The molecule has 0 aliphatic rings. The summed E-state index contributed by atoms with van der Waals surface area (Å²) >= 11 is 0. The molecule has 16 heavy (non-hydrogen) atoms. The zero-order valence-corrected chi connectivity index (χ0v) is 9.66. The van der Waals surface area contributed by atoms with E-state index in [2.05, 4.69) is 5.32 Å². The fourth-order valence-corrected chi connectivity index (χ4v) is 1.22. The van der Waals surface area contributed by atoms with Crippen LogP contribution in [0.5, 0.6) is 0 Å². The predicted molar refractivity (Wildman–Crippen MR) is 60.0 cm³/mol. The fraction of sp³-hybridized carbons (Fsp3) is 0.545. The molecule has 0 radical (unpaired) electrons. The summed E-state index contributed by atoms with van der Waals surface area (Å²) in [6, 6.07) is 3.44. The third-order valence-electron chi connectivity index (χ3n) is 2.06. The highest BCUT2D eigenvalue weighted by Gasteiger charge is 2.10. The van der Waals surface area contributed by atoms with Crippen molar-refractivity contribution in [2.45, 2.75) is 26.0 Å². The summed E-state index contributed by atoms with van der Waals surface area (Å²) in [5, 5.41) is 2.73. The van der Waals surface area contributed by atoms with Gasteiger partial charge in [0, 0.05) is 19.7 Å². The minimum Gasteiger partial charge on any atom is -0.453 e. The lowest BCUT2D eigenvalue weighted by Crippen LogP contribution is -2.28. The first kappa shape index (κ1) is 12.7. The first-order valence-corrected chi connectivity index (χ1v) is 5.25. The van der Waals surface area contributed by atoms with Crippen LogP contribution >= 0.6 is 0 Å². The normalized spacial score (nSPS) is 12.4. The number of amides is 1. The number of nitrogens with two attached hydrogens (primary N) is 1. The lowest BCUT2D eigenvalue weighted by molar-refractivity contribution is 0.0916. The molecule has 0 bridgehead atoms. The second kappa shape index (κ2) is 6.30. The summed E-state index contributed by atoms with van der Waals surface area (Å²) in [6.45, 7) is 2.82. The van der Waals surface area contributed by atoms with Gasteiger partial charge in [0.25, 0.3) is 5.91 Å². The topological polar surface area (TPSA) is 77.5 Å². The van der Waals surface area contributed by atoms with Gasteiger partial charge >= 0.3 is 0 Å². The zero-order valence-electron chi connectivity index (χ0n) is 9.66. The highest BCUT2D eigenvalue weighted by molar-refractivity contribution is 5.91. The van der Waals surface area contributed by atoms with Crippen LogP contribution < -0.4 is 11.1 Å². The SMILES string of the molecule is COCc1ccc(C(=O)NCCC(C)N)o1. The molecule has 0 saturated carbocycles. The highest BCUT2D eigenvalue weighted by Crippen LogP contribution is 2.08. The summed E-state index contributed by atoms with van der Waals surface area (Å²) in [5.41, 5.74) is 5.57. The van der Waals surface area contributed by atoms with Crippen LogP contribution in [0.3, 0.4) is 0 Å². The number of rotatable bonds is 6. The Morgan fingerprint density at radius 3 is 3.00 bits per heavy atom. The summed E-state index contributed by atoms with van der Waals surface area (Å²) in [6.07, 6.45) is 0.747. The lowest BCUT2D eigenvalue weighted by Gasteiger charge is -2.05. The Labute approximate surface area is 94.9 Å². The number of ether oxygens (including phenoxy) is 1. The smallest absolute Gasteiger partial charge is 0.286 e. The van der Waals surface area contributed by atoms with Gasteiger partial charge in [-0.25, -0.2) is 0 Å². The number of carbonyl (C=O) groups is 1. The van der Waals surface area contributed by atoms with E-state index in [0.717, 1.165) is 6.42 Å². The molecule has 5 nitrogen and oxygen atoms in total. The van der Waals surface area contributed by atoms with E-state index in [9.17, 15) is 4.79 Å². The molecule has 1 heterocycles. The van der Waals surface area contributed by atoms with Crippen LogP contribution in [0.25, 0.3) is 0 Å². The molecule has 1 atom stereocenters. The fourth-order valence-electron chi connectivity index (χ4n) is 1.22. The van der Waals surface area contributed by atoms with E-state index in [1.165, 1.54) is 0 Å². The van der Waals surface area contributed by atoms with Crippen molar-refractivity contribution >= 4 is 5.91 Å². The molecule has 1 unspecified atom stereocenters. The molecule has 0 fully saturated rings. The van der Waals surface area contributed by atoms with Crippen LogP contribution in [0.15, 0.2) is 16.5 Å². The molecule has 0 saturated heterocycles. The minimum absolute atomic E-state index is 0.0842. The minimum atomic E-state index is -0.219. The van der Waals surface area contributed by atoms with Gasteiger partial charge in [-0.1, -0.05) is 0 Å². The monoisotopic (exact) mass is 226 g/mol. The van der Waals surface area contributed by atoms with Crippen LogP contribution in [0.1, 0.15) is 29.7 Å². The number of furan rings is 1. The van der Waals surface area contributed by atoms with Gasteiger partial charge in [0.15, 0.2) is 5.76 Å². The molecule has 3 N–H and O–H groups in total. The van der Waals surface area contributed by atoms with E-state index >= 15 is 0 Å². The molecule has 1 amide bonds. The van der Waals surface area contributed by atoms with E-state index < -0.39 is 0 Å². The Kier molecular flexibility index (Phi) is 5.01. The molecule has 1 rings (SSSR count). The second-order valence-corrected chi connectivity index (χ2v) is 3.72. The molecule has 0 aliphatic carbocycles. The van der Waals surface area contributed by atoms with E-state index in [0.29, 0.717) is 24.7 Å². The Bertz CT molecular complexity index is 334. The van der Waals surface area contributed by atoms with Crippen LogP contribution in [0.2, 0.25) is 0 Å². The quantitative estimate of drug-likeness (QED) is 0.755. The van der Waals surface area contributed by atoms with Crippen LogP contribution in [-0.2, 0) is 11.3 Å². The van der Waals surface area contributed by atoms with Crippen molar-refractivity contribution in [3.8, 4) is 0 Å². The molecule has 5 heteroatoms. The van der Waals surface area contributed by atoms with Crippen LogP contribution in [0, 0.1) is 0 Å². The second-order valence-electron chi connectivity index (χ2n) is 3.72. The average Bonchev–Trinajstić information content (AvgIpc) is 2.66. The van der Waals surface area contributed by atoms with Gasteiger partial charge in [0.2, 0.25) is 0 Å². The Morgan fingerprint density at radius 2 is 2.38 bits per heavy atom. The highest BCUT2D eigenvalue weighted by atomic mass is 16.5. The maximum atomic E-state index is 11.6. The first-order chi connectivity index (χ1) is 7.63. The first-order valence-electron chi connectivity index (χ1n) is 5.25. The number of methoxy groups -OCH3 is 1. The van der Waals surface area contributed by atoms with Crippen molar-refractivity contribution in [2.75, 3.05) is 13.7 Å². The molecule has 1 aromatic heterocycles. The van der Waals surface area contributed by atoms with Gasteiger partial charge < -0.3 is 20.2 Å². The molecule has 90 valence electrons. The largest absolute Gasteiger partial charge is 0.453 e. The van der Waals surface area contributed by atoms with Crippen molar-refractivity contribution < 1.29 is 13.9 Å². The average molecular weight is 226 g/mol. The maximum Gasteiger partial charge on any atom is 0.286 e. The number of nitrogens with one attached hydrogen (secondary N) is 1. The Balaban J connectivity index is 2.40. The van der Waals surface area contributed by atoms with Crippen molar-refractivity contribution in [2.24, 2.45) is 5.73 Å². The van der Waals surface area contributed by atoms with Gasteiger partial charge in [0.1, 0.15) is 12.4 Å². The van der Waals surface area contributed by atoms with Crippen LogP contribution in [-0.4, -0.2) is 25.6 Å². The molecule has 1 aromatic rings. The number of carbonyl (C=O) groups excluding carboxylic acids is 1. The Morgan fingerprint density at radius 1 is 1.62 bits per heavy atom. The van der Waals surface area contributed by atoms with Crippen molar-refractivity contribution in [3.05, 3.63) is 23.7 Å². The summed E-state index contributed by atoms with van der Waals surface area (Å²) in [7, 11) is 1.57.